The maximum absolute atomic E-state index is 11.8. The summed E-state index contributed by atoms with van der Waals surface area (Å²) in [6, 6.07) is 3.47. The monoisotopic (exact) mass is 266 g/mol. The molecule has 0 spiro atoms. The number of H-pyrrole nitrogens is 1. The Hall–Kier alpha value is -1.33. The summed E-state index contributed by atoms with van der Waals surface area (Å²) >= 11 is 0. The van der Waals surface area contributed by atoms with Gasteiger partial charge in [-0.15, -0.1) is 0 Å². The Kier molecular flexibility index (Phi) is 3.69. The van der Waals surface area contributed by atoms with E-state index in [1.807, 2.05) is 20.8 Å². The van der Waals surface area contributed by atoms with Crippen LogP contribution in [0.5, 0.6) is 0 Å². The minimum atomic E-state index is -0.908. The fourth-order valence-electron chi connectivity index (χ4n) is 2.56. The van der Waals surface area contributed by atoms with Gasteiger partial charge in [0.2, 0.25) is 0 Å². The number of amides is 1. The van der Waals surface area contributed by atoms with Crippen LogP contribution >= 0.6 is 0 Å². The highest BCUT2D eigenvalue weighted by atomic mass is 16.5. The van der Waals surface area contributed by atoms with Crippen molar-refractivity contribution < 1.29 is 14.6 Å². The topological polar surface area (TPSA) is 74.3 Å². The molecule has 106 valence electrons. The van der Waals surface area contributed by atoms with Crippen LogP contribution in [0.2, 0.25) is 0 Å². The van der Waals surface area contributed by atoms with Crippen LogP contribution in [0.4, 0.5) is 0 Å². The summed E-state index contributed by atoms with van der Waals surface area (Å²) < 4.78 is 5.59. The molecule has 1 amide bonds. The van der Waals surface area contributed by atoms with Crippen LogP contribution in [-0.2, 0) is 4.74 Å². The second-order valence-corrected chi connectivity index (χ2v) is 5.67. The van der Waals surface area contributed by atoms with Crippen LogP contribution in [0.1, 0.15) is 37.7 Å². The van der Waals surface area contributed by atoms with Crippen molar-refractivity contribution in [3.8, 4) is 0 Å². The lowest BCUT2D eigenvalue weighted by atomic mass is 9.56. The number of hydrogen-bond acceptors (Lipinski definition) is 3. The molecule has 0 aromatic carbocycles. The predicted octanol–water partition coefficient (Wildman–Crippen LogP) is 1.31. The van der Waals surface area contributed by atoms with Crippen LogP contribution in [-0.4, -0.2) is 40.9 Å². The molecule has 0 bridgehead atoms. The van der Waals surface area contributed by atoms with Gasteiger partial charge in [0.25, 0.3) is 5.91 Å². The number of ether oxygens (including phenoxy) is 1. The lowest BCUT2D eigenvalue weighted by Crippen LogP contribution is -2.68. The highest BCUT2D eigenvalue weighted by Gasteiger charge is 2.59. The van der Waals surface area contributed by atoms with Gasteiger partial charge in [-0.2, -0.15) is 0 Å². The molecule has 0 radical (unpaired) electrons. The van der Waals surface area contributed by atoms with Gasteiger partial charge in [0, 0.05) is 31.2 Å². The number of carbonyl (C=O) groups is 1. The molecule has 1 aromatic rings. The minimum Gasteiger partial charge on any atom is -0.387 e. The van der Waals surface area contributed by atoms with E-state index in [9.17, 15) is 9.90 Å². The van der Waals surface area contributed by atoms with Crippen molar-refractivity contribution >= 4 is 5.91 Å². The van der Waals surface area contributed by atoms with E-state index in [4.69, 9.17) is 4.74 Å². The molecule has 0 unspecified atom stereocenters. The highest BCUT2D eigenvalue weighted by molar-refractivity contribution is 5.92. The van der Waals surface area contributed by atoms with E-state index >= 15 is 0 Å². The normalized spacial score (nSPS) is 28.7. The number of nitrogens with one attached hydrogen (secondary N) is 2. The number of carbonyl (C=O) groups excluding carboxylic acids is 1. The minimum absolute atomic E-state index is 0.0462. The molecule has 1 heterocycles. The van der Waals surface area contributed by atoms with E-state index in [1.54, 1.807) is 18.3 Å². The van der Waals surface area contributed by atoms with Gasteiger partial charge >= 0.3 is 0 Å². The Morgan fingerprint density at radius 1 is 1.63 bits per heavy atom. The fraction of sp³-hybridized carbons (Fsp3) is 0.643. The Balaban J connectivity index is 1.91. The molecule has 1 saturated carbocycles. The van der Waals surface area contributed by atoms with Crippen LogP contribution in [0, 0.1) is 5.41 Å². The van der Waals surface area contributed by atoms with Gasteiger partial charge < -0.3 is 20.1 Å². The lowest BCUT2D eigenvalue weighted by molar-refractivity contribution is -0.237. The highest BCUT2D eigenvalue weighted by Crippen LogP contribution is 2.50. The van der Waals surface area contributed by atoms with Crippen molar-refractivity contribution in [3.05, 3.63) is 24.0 Å². The number of hydrogen-bond donors (Lipinski definition) is 3. The first-order chi connectivity index (χ1) is 8.90. The molecule has 2 rings (SSSR count). The van der Waals surface area contributed by atoms with Gasteiger partial charge in [0.1, 0.15) is 5.69 Å². The third-order valence-electron chi connectivity index (χ3n) is 4.28. The quantitative estimate of drug-likeness (QED) is 0.752. The van der Waals surface area contributed by atoms with Gasteiger partial charge in [-0.3, -0.25) is 4.79 Å². The van der Waals surface area contributed by atoms with Gasteiger partial charge in [-0.05, 0) is 19.1 Å². The molecule has 1 fully saturated rings. The van der Waals surface area contributed by atoms with E-state index in [0.29, 0.717) is 18.7 Å². The largest absolute Gasteiger partial charge is 0.387 e. The Bertz CT molecular complexity index is 442. The summed E-state index contributed by atoms with van der Waals surface area (Å²) in [6.45, 7) is 6.76. The standard InChI is InChI=1S/C14H22N2O3/c1-4-19-11-8-14(18,13(11,2)3)9-16-12(17)10-6-5-7-15-10/h5-7,11,15,18H,4,8-9H2,1-3H3,(H,16,17)/t11-,14-/m0/s1. The number of aliphatic hydroxyl groups is 1. The van der Waals surface area contributed by atoms with Crippen molar-refractivity contribution in [1.82, 2.24) is 10.3 Å². The molecular weight excluding hydrogens is 244 g/mol. The van der Waals surface area contributed by atoms with Crippen molar-refractivity contribution in [1.29, 1.82) is 0 Å². The summed E-state index contributed by atoms with van der Waals surface area (Å²) in [4.78, 5) is 14.7. The van der Waals surface area contributed by atoms with E-state index in [0.717, 1.165) is 0 Å². The Morgan fingerprint density at radius 2 is 2.37 bits per heavy atom. The first-order valence-electron chi connectivity index (χ1n) is 6.66. The zero-order chi connectivity index (χ0) is 14.1. The lowest BCUT2D eigenvalue weighted by Gasteiger charge is -2.57. The van der Waals surface area contributed by atoms with Gasteiger partial charge in [-0.25, -0.2) is 0 Å². The smallest absolute Gasteiger partial charge is 0.267 e. The number of aromatic nitrogens is 1. The van der Waals surface area contributed by atoms with Crippen LogP contribution in [0.15, 0.2) is 18.3 Å². The maximum Gasteiger partial charge on any atom is 0.267 e. The zero-order valence-corrected chi connectivity index (χ0v) is 11.7. The number of aromatic amines is 1. The molecule has 5 nitrogen and oxygen atoms in total. The third-order valence-corrected chi connectivity index (χ3v) is 4.28. The SMILES string of the molecule is CCO[C@H]1C[C@](O)(CNC(=O)c2ccc[nH]2)C1(C)C. The first kappa shape index (κ1) is 14.1. The summed E-state index contributed by atoms with van der Waals surface area (Å²) in [5, 5.41) is 13.3. The molecule has 2 atom stereocenters. The molecule has 0 aliphatic heterocycles. The average molecular weight is 266 g/mol. The summed E-state index contributed by atoms with van der Waals surface area (Å²) in [5.74, 6) is -0.200. The van der Waals surface area contributed by atoms with Crippen LogP contribution in [0.25, 0.3) is 0 Å². The van der Waals surface area contributed by atoms with Crippen molar-refractivity contribution in [2.75, 3.05) is 13.2 Å². The molecule has 3 N–H and O–H groups in total. The average Bonchev–Trinajstić information content (AvgIpc) is 2.89. The molecule has 1 aliphatic carbocycles. The molecule has 0 saturated heterocycles. The van der Waals surface area contributed by atoms with Gasteiger partial charge in [0.05, 0.1) is 11.7 Å². The van der Waals surface area contributed by atoms with Crippen LogP contribution in [0.3, 0.4) is 0 Å². The van der Waals surface area contributed by atoms with E-state index in [1.165, 1.54) is 0 Å². The molecular formula is C14H22N2O3. The zero-order valence-electron chi connectivity index (χ0n) is 11.7. The second kappa shape index (κ2) is 4.98. The summed E-state index contributed by atoms with van der Waals surface area (Å²) in [6.07, 6.45) is 2.30. The fourth-order valence-corrected chi connectivity index (χ4v) is 2.56. The van der Waals surface area contributed by atoms with Crippen molar-refractivity contribution in [2.24, 2.45) is 5.41 Å². The first-order valence-corrected chi connectivity index (χ1v) is 6.66. The van der Waals surface area contributed by atoms with E-state index in [-0.39, 0.29) is 24.0 Å². The molecule has 19 heavy (non-hydrogen) atoms. The van der Waals surface area contributed by atoms with E-state index < -0.39 is 5.60 Å². The van der Waals surface area contributed by atoms with Crippen molar-refractivity contribution in [2.45, 2.75) is 38.9 Å². The van der Waals surface area contributed by atoms with E-state index in [2.05, 4.69) is 10.3 Å². The van der Waals surface area contributed by atoms with Crippen molar-refractivity contribution in [3.63, 3.8) is 0 Å². The second-order valence-electron chi connectivity index (χ2n) is 5.67. The Morgan fingerprint density at radius 3 is 2.89 bits per heavy atom. The maximum atomic E-state index is 11.8. The summed E-state index contributed by atoms with van der Waals surface area (Å²) in [7, 11) is 0. The Labute approximate surface area is 113 Å². The molecule has 5 heteroatoms. The number of rotatable bonds is 5. The molecule has 1 aromatic heterocycles. The van der Waals surface area contributed by atoms with Crippen LogP contribution < -0.4 is 5.32 Å². The predicted molar refractivity (Wildman–Crippen MR) is 71.9 cm³/mol. The molecule has 1 aliphatic rings. The summed E-state index contributed by atoms with van der Waals surface area (Å²) in [5.41, 5.74) is -0.761. The van der Waals surface area contributed by atoms with Gasteiger partial charge in [-0.1, -0.05) is 13.8 Å². The van der Waals surface area contributed by atoms with Gasteiger partial charge in [0.15, 0.2) is 0 Å². The third kappa shape index (κ3) is 2.40.